The van der Waals surface area contributed by atoms with Crippen LogP contribution in [0.2, 0.25) is 0 Å². The number of rotatable bonds is 2. The standard InChI is InChI=1S/C11H14F2N2O/c1-11(2,10(16)15(3)14)8-6-7(12)4-5-9(8)13/h4-6H,14H2,1-3H3. The summed E-state index contributed by atoms with van der Waals surface area (Å²) in [5, 5.41) is 0.865. The van der Waals surface area contributed by atoms with Crippen LogP contribution in [0.3, 0.4) is 0 Å². The summed E-state index contributed by atoms with van der Waals surface area (Å²) in [5.41, 5.74) is -1.20. The summed E-state index contributed by atoms with van der Waals surface area (Å²) in [5.74, 6) is 3.62. The molecule has 1 amide bonds. The van der Waals surface area contributed by atoms with E-state index in [2.05, 4.69) is 0 Å². The summed E-state index contributed by atoms with van der Waals surface area (Å²) in [6.45, 7) is 2.99. The van der Waals surface area contributed by atoms with Crippen molar-refractivity contribution in [1.82, 2.24) is 5.01 Å². The minimum Gasteiger partial charge on any atom is -0.283 e. The van der Waals surface area contributed by atoms with Gasteiger partial charge in [0, 0.05) is 12.6 Å². The number of nitrogens with zero attached hydrogens (tertiary/aromatic N) is 1. The van der Waals surface area contributed by atoms with Gasteiger partial charge in [-0.1, -0.05) is 0 Å². The zero-order valence-electron chi connectivity index (χ0n) is 9.42. The van der Waals surface area contributed by atoms with Crippen molar-refractivity contribution in [2.24, 2.45) is 5.84 Å². The fraction of sp³-hybridized carbons (Fsp3) is 0.364. The molecule has 0 atom stereocenters. The first kappa shape index (κ1) is 12.6. The van der Waals surface area contributed by atoms with Gasteiger partial charge in [0.15, 0.2) is 0 Å². The highest BCUT2D eigenvalue weighted by Crippen LogP contribution is 2.27. The first-order chi connectivity index (χ1) is 7.26. The predicted molar refractivity (Wildman–Crippen MR) is 56.3 cm³/mol. The van der Waals surface area contributed by atoms with Gasteiger partial charge in [-0.05, 0) is 32.0 Å². The Morgan fingerprint density at radius 2 is 1.94 bits per heavy atom. The molecule has 88 valence electrons. The van der Waals surface area contributed by atoms with Gasteiger partial charge in [0.25, 0.3) is 0 Å². The second kappa shape index (κ2) is 4.17. The molecule has 2 N–H and O–H groups in total. The van der Waals surface area contributed by atoms with Gasteiger partial charge in [-0.15, -0.1) is 0 Å². The highest BCUT2D eigenvalue weighted by atomic mass is 19.1. The zero-order valence-corrected chi connectivity index (χ0v) is 9.42. The molecule has 1 aromatic rings. The molecular weight excluding hydrogens is 214 g/mol. The van der Waals surface area contributed by atoms with E-state index in [0.29, 0.717) is 0 Å². The number of halogens is 2. The van der Waals surface area contributed by atoms with Gasteiger partial charge < -0.3 is 0 Å². The second-order valence-corrected chi connectivity index (χ2v) is 4.17. The summed E-state index contributed by atoms with van der Waals surface area (Å²) in [6, 6.07) is 3.01. The van der Waals surface area contributed by atoms with Crippen LogP contribution in [-0.2, 0) is 10.2 Å². The average molecular weight is 228 g/mol. The summed E-state index contributed by atoms with van der Waals surface area (Å²) in [4.78, 5) is 11.7. The maximum Gasteiger partial charge on any atom is 0.246 e. The maximum absolute atomic E-state index is 13.5. The third kappa shape index (κ3) is 2.19. The van der Waals surface area contributed by atoms with Gasteiger partial charge in [0.2, 0.25) is 5.91 Å². The Balaban J connectivity index is 3.26. The number of carbonyl (C=O) groups is 1. The van der Waals surface area contributed by atoms with Gasteiger partial charge in [-0.2, -0.15) is 0 Å². The van der Waals surface area contributed by atoms with Gasteiger partial charge >= 0.3 is 0 Å². The van der Waals surface area contributed by atoms with Crippen LogP contribution in [0.5, 0.6) is 0 Å². The average Bonchev–Trinajstić information content (AvgIpc) is 2.20. The maximum atomic E-state index is 13.5. The Kier molecular flexibility index (Phi) is 3.28. The van der Waals surface area contributed by atoms with Crippen molar-refractivity contribution in [2.45, 2.75) is 19.3 Å². The normalized spacial score (nSPS) is 11.4. The zero-order chi connectivity index (χ0) is 12.5. The largest absolute Gasteiger partial charge is 0.283 e. The van der Waals surface area contributed by atoms with Crippen molar-refractivity contribution in [3.63, 3.8) is 0 Å². The molecule has 0 saturated heterocycles. The van der Waals surface area contributed by atoms with E-state index in [1.54, 1.807) is 0 Å². The Hall–Kier alpha value is -1.49. The van der Waals surface area contributed by atoms with Crippen LogP contribution in [0.15, 0.2) is 18.2 Å². The van der Waals surface area contributed by atoms with Crippen LogP contribution in [-0.4, -0.2) is 18.0 Å². The van der Waals surface area contributed by atoms with E-state index in [9.17, 15) is 13.6 Å². The van der Waals surface area contributed by atoms with E-state index >= 15 is 0 Å². The number of hydrazine groups is 1. The molecule has 0 fully saturated rings. The van der Waals surface area contributed by atoms with Crippen molar-refractivity contribution in [3.05, 3.63) is 35.4 Å². The van der Waals surface area contributed by atoms with Crippen LogP contribution < -0.4 is 5.84 Å². The number of nitrogens with two attached hydrogens (primary N) is 1. The number of amides is 1. The van der Waals surface area contributed by atoms with Crippen molar-refractivity contribution in [2.75, 3.05) is 7.05 Å². The van der Waals surface area contributed by atoms with Crippen LogP contribution in [0.25, 0.3) is 0 Å². The number of carbonyl (C=O) groups excluding carboxylic acids is 1. The fourth-order valence-corrected chi connectivity index (χ4v) is 1.53. The number of likely N-dealkylation sites (N-methyl/N-ethyl adjacent to an activating group) is 1. The van der Waals surface area contributed by atoms with Crippen LogP contribution in [0.4, 0.5) is 8.78 Å². The summed E-state index contributed by atoms with van der Waals surface area (Å²) in [6.07, 6.45) is 0. The number of hydrogen-bond acceptors (Lipinski definition) is 2. The second-order valence-electron chi connectivity index (χ2n) is 4.17. The monoisotopic (exact) mass is 228 g/mol. The van der Waals surface area contributed by atoms with Gasteiger partial charge in [-0.3, -0.25) is 9.80 Å². The van der Waals surface area contributed by atoms with Crippen LogP contribution in [0, 0.1) is 11.6 Å². The molecule has 0 bridgehead atoms. The molecule has 0 radical (unpaired) electrons. The van der Waals surface area contributed by atoms with Crippen LogP contribution >= 0.6 is 0 Å². The minimum absolute atomic E-state index is 0.00481. The lowest BCUT2D eigenvalue weighted by molar-refractivity contribution is -0.135. The SMILES string of the molecule is CN(N)C(=O)C(C)(C)c1cc(F)ccc1F. The van der Waals surface area contributed by atoms with E-state index in [-0.39, 0.29) is 5.56 Å². The van der Waals surface area contributed by atoms with E-state index in [0.717, 1.165) is 23.2 Å². The third-order valence-corrected chi connectivity index (χ3v) is 2.46. The quantitative estimate of drug-likeness (QED) is 0.474. The highest BCUT2D eigenvalue weighted by molar-refractivity contribution is 5.86. The summed E-state index contributed by atoms with van der Waals surface area (Å²) < 4.78 is 26.5. The van der Waals surface area contributed by atoms with E-state index in [1.165, 1.54) is 20.9 Å². The Bertz CT molecular complexity index is 416. The molecule has 0 heterocycles. The van der Waals surface area contributed by atoms with E-state index in [4.69, 9.17) is 5.84 Å². The van der Waals surface area contributed by atoms with Crippen molar-refractivity contribution >= 4 is 5.91 Å². The molecule has 0 spiro atoms. The Labute approximate surface area is 92.8 Å². The summed E-state index contributed by atoms with van der Waals surface area (Å²) >= 11 is 0. The molecule has 1 aromatic carbocycles. The van der Waals surface area contributed by atoms with Crippen molar-refractivity contribution < 1.29 is 13.6 Å². The molecule has 0 unspecified atom stereocenters. The third-order valence-electron chi connectivity index (χ3n) is 2.46. The predicted octanol–water partition coefficient (Wildman–Crippen LogP) is 1.57. The Morgan fingerprint density at radius 1 is 1.38 bits per heavy atom. The molecule has 0 aromatic heterocycles. The van der Waals surface area contributed by atoms with Crippen molar-refractivity contribution in [3.8, 4) is 0 Å². The van der Waals surface area contributed by atoms with Gasteiger partial charge in [0.1, 0.15) is 11.6 Å². The van der Waals surface area contributed by atoms with Crippen LogP contribution in [0.1, 0.15) is 19.4 Å². The molecule has 3 nitrogen and oxygen atoms in total. The fourth-order valence-electron chi connectivity index (χ4n) is 1.53. The van der Waals surface area contributed by atoms with E-state index < -0.39 is 23.0 Å². The lowest BCUT2D eigenvalue weighted by Gasteiger charge is -2.27. The molecule has 5 heteroatoms. The van der Waals surface area contributed by atoms with Crippen molar-refractivity contribution in [1.29, 1.82) is 0 Å². The Morgan fingerprint density at radius 3 is 2.44 bits per heavy atom. The molecule has 0 saturated carbocycles. The lowest BCUT2D eigenvalue weighted by atomic mass is 9.83. The van der Waals surface area contributed by atoms with Gasteiger partial charge in [0.05, 0.1) is 5.41 Å². The minimum atomic E-state index is -1.20. The first-order valence-electron chi connectivity index (χ1n) is 4.75. The number of hydrogen-bond donors (Lipinski definition) is 1. The topological polar surface area (TPSA) is 46.3 Å². The lowest BCUT2D eigenvalue weighted by Crippen LogP contribution is -2.45. The molecule has 0 aliphatic rings. The van der Waals surface area contributed by atoms with E-state index in [1.807, 2.05) is 0 Å². The molecule has 0 aliphatic heterocycles. The molecule has 0 aliphatic carbocycles. The first-order valence-corrected chi connectivity index (χ1v) is 4.75. The molecule has 1 rings (SSSR count). The molecule has 16 heavy (non-hydrogen) atoms. The number of benzene rings is 1. The summed E-state index contributed by atoms with van der Waals surface area (Å²) in [7, 11) is 1.36. The highest BCUT2D eigenvalue weighted by Gasteiger charge is 2.34. The molecular formula is C11H14F2N2O. The smallest absolute Gasteiger partial charge is 0.246 e. The van der Waals surface area contributed by atoms with Gasteiger partial charge in [-0.25, -0.2) is 14.6 Å².